The van der Waals surface area contributed by atoms with E-state index in [0.717, 1.165) is 23.4 Å². The Kier molecular flexibility index (Phi) is 5.84. The smallest absolute Gasteiger partial charge is 0.337 e. The van der Waals surface area contributed by atoms with Gasteiger partial charge in [0.2, 0.25) is 0 Å². The summed E-state index contributed by atoms with van der Waals surface area (Å²) in [4.78, 5) is 11.7. The minimum absolute atomic E-state index is 0.130. The predicted molar refractivity (Wildman–Crippen MR) is 94.6 cm³/mol. The van der Waals surface area contributed by atoms with Crippen LogP contribution in [0.5, 0.6) is 11.5 Å². The third-order valence-electron chi connectivity index (χ3n) is 3.67. The van der Waals surface area contributed by atoms with Gasteiger partial charge in [-0.05, 0) is 42.3 Å². The summed E-state index contributed by atoms with van der Waals surface area (Å²) >= 11 is 0. The van der Waals surface area contributed by atoms with Gasteiger partial charge < -0.3 is 19.9 Å². The van der Waals surface area contributed by atoms with E-state index in [0.29, 0.717) is 11.3 Å². The maximum atomic E-state index is 11.7. The quantitative estimate of drug-likeness (QED) is 0.757. The van der Waals surface area contributed by atoms with Crippen LogP contribution < -0.4 is 14.8 Å². The van der Waals surface area contributed by atoms with E-state index >= 15 is 0 Å². The van der Waals surface area contributed by atoms with Crippen molar-refractivity contribution in [2.24, 2.45) is 0 Å². The fourth-order valence-electron chi connectivity index (χ4n) is 2.28. The Morgan fingerprint density at radius 2 is 1.83 bits per heavy atom. The molecule has 2 aromatic carbocycles. The lowest BCUT2D eigenvalue weighted by Crippen LogP contribution is -2.05. The molecule has 0 aliphatic rings. The second kappa shape index (κ2) is 8.06. The van der Waals surface area contributed by atoms with Gasteiger partial charge in [-0.1, -0.05) is 19.1 Å². The van der Waals surface area contributed by atoms with Crippen molar-refractivity contribution in [1.29, 1.82) is 0 Å². The molecule has 0 aliphatic heterocycles. The van der Waals surface area contributed by atoms with Crippen LogP contribution in [0.25, 0.3) is 5.57 Å². The van der Waals surface area contributed by atoms with E-state index in [-0.39, 0.29) is 5.57 Å². The van der Waals surface area contributed by atoms with Gasteiger partial charge in [0, 0.05) is 17.5 Å². The van der Waals surface area contributed by atoms with Crippen molar-refractivity contribution in [2.75, 3.05) is 19.5 Å². The van der Waals surface area contributed by atoms with Crippen LogP contribution in [-0.2, 0) is 11.2 Å². The van der Waals surface area contributed by atoms with Crippen molar-refractivity contribution in [3.8, 4) is 11.5 Å². The number of aryl methyl sites for hydroxylation is 1. The molecular formula is C19H21NO4. The van der Waals surface area contributed by atoms with Crippen molar-refractivity contribution in [3.63, 3.8) is 0 Å². The Morgan fingerprint density at radius 3 is 2.38 bits per heavy atom. The van der Waals surface area contributed by atoms with Crippen LogP contribution in [0.3, 0.4) is 0 Å². The molecule has 0 heterocycles. The molecule has 0 radical (unpaired) electrons. The molecule has 0 unspecified atom stereocenters. The van der Waals surface area contributed by atoms with Crippen molar-refractivity contribution in [1.82, 2.24) is 0 Å². The van der Waals surface area contributed by atoms with Crippen LogP contribution >= 0.6 is 0 Å². The standard InChI is InChI=1S/C19H21NO4/c1-4-13-5-10-16(18(11-13)24-3)17(19(21)22)12-20-14-6-8-15(23-2)9-7-14/h5-12,20H,4H2,1-3H3,(H,21,22)/b17-12-. The molecule has 0 bridgehead atoms. The molecule has 5 nitrogen and oxygen atoms in total. The van der Waals surface area contributed by atoms with E-state index < -0.39 is 5.97 Å². The first kappa shape index (κ1) is 17.4. The summed E-state index contributed by atoms with van der Waals surface area (Å²) in [6.45, 7) is 2.04. The molecule has 0 fully saturated rings. The highest BCUT2D eigenvalue weighted by molar-refractivity contribution is 6.16. The first-order valence-electron chi connectivity index (χ1n) is 7.60. The van der Waals surface area contributed by atoms with E-state index in [4.69, 9.17) is 9.47 Å². The number of nitrogens with one attached hydrogen (secondary N) is 1. The zero-order valence-corrected chi connectivity index (χ0v) is 14.0. The van der Waals surface area contributed by atoms with Gasteiger partial charge in [-0.15, -0.1) is 0 Å². The zero-order chi connectivity index (χ0) is 17.5. The number of anilines is 1. The largest absolute Gasteiger partial charge is 0.497 e. The van der Waals surface area contributed by atoms with Crippen LogP contribution in [0.2, 0.25) is 0 Å². The van der Waals surface area contributed by atoms with Crippen LogP contribution in [0, 0.1) is 0 Å². The maximum absolute atomic E-state index is 11.7. The van der Waals surface area contributed by atoms with Gasteiger partial charge in [-0.2, -0.15) is 0 Å². The molecule has 0 atom stereocenters. The average molecular weight is 327 g/mol. The van der Waals surface area contributed by atoms with Crippen molar-refractivity contribution in [3.05, 3.63) is 59.8 Å². The number of aliphatic carboxylic acids is 1. The molecule has 2 aromatic rings. The third kappa shape index (κ3) is 4.07. The maximum Gasteiger partial charge on any atom is 0.337 e. The van der Waals surface area contributed by atoms with Crippen molar-refractivity contribution < 1.29 is 19.4 Å². The number of carboxylic acid groups (broad SMARTS) is 1. The molecule has 24 heavy (non-hydrogen) atoms. The Labute approximate surface area is 141 Å². The highest BCUT2D eigenvalue weighted by Gasteiger charge is 2.15. The minimum Gasteiger partial charge on any atom is -0.497 e. The lowest BCUT2D eigenvalue weighted by atomic mass is 10.0. The van der Waals surface area contributed by atoms with Gasteiger partial charge in [0.1, 0.15) is 11.5 Å². The van der Waals surface area contributed by atoms with E-state index in [2.05, 4.69) is 5.32 Å². The summed E-state index contributed by atoms with van der Waals surface area (Å²) in [5, 5.41) is 12.6. The second-order valence-corrected chi connectivity index (χ2v) is 5.12. The Morgan fingerprint density at radius 1 is 1.12 bits per heavy atom. The number of benzene rings is 2. The van der Waals surface area contributed by atoms with E-state index in [1.54, 1.807) is 25.3 Å². The van der Waals surface area contributed by atoms with E-state index in [1.807, 2.05) is 31.2 Å². The number of methoxy groups -OCH3 is 2. The van der Waals surface area contributed by atoms with Crippen LogP contribution in [0.4, 0.5) is 5.69 Å². The summed E-state index contributed by atoms with van der Waals surface area (Å²) < 4.78 is 10.5. The van der Waals surface area contributed by atoms with Gasteiger partial charge in [-0.3, -0.25) is 0 Å². The van der Waals surface area contributed by atoms with E-state index in [1.165, 1.54) is 13.3 Å². The molecule has 2 N–H and O–H groups in total. The van der Waals surface area contributed by atoms with Crippen molar-refractivity contribution in [2.45, 2.75) is 13.3 Å². The van der Waals surface area contributed by atoms with Gasteiger partial charge in [0.05, 0.1) is 19.8 Å². The lowest BCUT2D eigenvalue weighted by Gasteiger charge is -2.11. The van der Waals surface area contributed by atoms with Crippen molar-refractivity contribution >= 4 is 17.2 Å². The predicted octanol–water partition coefficient (Wildman–Crippen LogP) is 3.80. The van der Waals surface area contributed by atoms with Crippen LogP contribution in [-0.4, -0.2) is 25.3 Å². The molecule has 5 heteroatoms. The average Bonchev–Trinajstić information content (AvgIpc) is 2.62. The molecule has 0 saturated heterocycles. The van der Waals surface area contributed by atoms with Gasteiger partial charge in [0.15, 0.2) is 0 Å². The monoisotopic (exact) mass is 327 g/mol. The third-order valence-corrected chi connectivity index (χ3v) is 3.67. The number of ether oxygens (including phenoxy) is 2. The number of carbonyl (C=O) groups is 1. The number of hydrogen-bond donors (Lipinski definition) is 2. The molecular weight excluding hydrogens is 306 g/mol. The lowest BCUT2D eigenvalue weighted by molar-refractivity contribution is -0.130. The summed E-state index contributed by atoms with van der Waals surface area (Å²) in [6, 6.07) is 12.8. The minimum atomic E-state index is -1.03. The highest BCUT2D eigenvalue weighted by Crippen LogP contribution is 2.28. The fraction of sp³-hybridized carbons (Fsp3) is 0.211. The van der Waals surface area contributed by atoms with Crippen LogP contribution in [0.15, 0.2) is 48.7 Å². The summed E-state index contributed by atoms with van der Waals surface area (Å²) in [5.74, 6) is 0.248. The Hall–Kier alpha value is -2.95. The SMILES string of the molecule is CCc1ccc(/C(=C/Nc2ccc(OC)cc2)C(=O)O)c(OC)c1. The first-order chi connectivity index (χ1) is 11.6. The molecule has 0 aliphatic carbocycles. The van der Waals surface area contributed by atoms with Gasteiger partial charge >= 0.3 is 5.97 Å². The van der Waals surface area contributed by atoms with Gasteiger partial charge in [-0.25, -0.2) is 4.79 Å². The number of hydrogen-bond acceptors (Lipinski definition) is 4. The topological polar surface area (TPSA) is 67.8 Å². The normalized spacial score (nSPS) is 11.0. The van der Waals surface area contributed by atoms with Gasteiger partial charge in [0.25, 0.3) is 0 Å². The molecule has 0 amide bonds. The molecule has 0 saturated carbocycles. The summed E-state index contributed by atoms with van der Waals surface area (Å²) in [7, 11) is 3.13. The Balaban J connectivity index is 2.33. The first-order valence-corrected chi connectivity index (χ1v) is 7.60. The zero-order valence-electron chi connectivity index (χ0n) is 14.0. The summed E-state index contributed by atoms with van der Waals surface area (Å²) in [6.07, 6.45) is 2.32. The second-order valence-electron chi connectivity index (χ2n) is 5.12. The fourth-order valence-corrected chi connectivity index (χ4v) is 2.28. The summed E-state index contributed by atoms with van der Waals surface area (Å²) in [5.41, 5.74) is 2.51. The number of rotatable bonds is 7. The highest BCUT2D eigenvalue weighted by atomic mass is 16.5. The van der Waals surface area contributed by atoms with Crippen LogP contribution in [0.1, 0.15) is 18.1 Å². The molecule has 126 valence electrons. The number of carboxylic acids is 1. The molecule has 0 spiro atoms. The molecule has 0 aromatic heterocycles. The molecule has 2 rings (SSSR count). The van der Waals surface area contributed by atoms with E-state index in [9.17, 15) is 9.90 Å². The Bertz CT molecular complexity index is 736.